The molecule has 1 N–H and O–H groups in total. The van der Waals surface area contributed by atoms with Gasteiger partial charge in [-0.1, -0.05) is 49.4 Å². The molecule has 0 saturated carbocycles. The Kier molecular flexibility index (Phi) is 4.80. The molecule has 1 aromatic carbocycles. The number of azo groups is 1. The standard InChI is InChI=1S/C17H18N4O2S/c1-10(2)11-3-5-12(6-4-11)13-7-14(22)16(15(23)8-13)19-21-17-20-18-9-24-17/h3-6,9-10,13,22H,7-8H2,1-2H3. The normalized spacial score (nSPS) is 18.8. The van der Waals surface area contributed by atoms with Crippen LogP contribution in [0.5, 0.6) is 0 Å². The van der Waals surface area contributed by atoms with Crippen LogP contribution >= 0.6 is 11.3 Å². The summed E-state index contributed by atoms with van der Waals surface area (Å²) < 4.78 is 0. The first kappa shape index (κ1) is 16.4. The van der Waals surface area contributed by atoms with Crippen LogP contribution in [0, 0.1) is 0 Å². The SMILES string of the molecule is CC(C)c1ccc(C2CC(=O)C(N=Nc3nncs3)=C(O)C2)cc1. The van der Waals surface area contributed by atoms with Crippen molar-refractivity contribution in [3.63, 3.8) is 0 Å². The summed E-state index contributed by atoms with van der Waals surface area (Å²) >= 11 is 1.22. The molecule has 0 bridgehead atoms. The van der Waals surface area contributed by atoms with Crippen molar-refractivity contribution in [2.75, 3.05) is 0 Å². The largest absolute Gasteiger partial charge is 0.510 e. The van der Waals surface area contributed by atoms with E-state index in [-0.39, 0.29) is 23.2 Å². The van der Waals surface area contributed by atoms with Crippen molar-refractivity contribution in [1.29, 1.82) is 0 Å². The van der Waals surface area contributed by atoms with Gasteiger partial charge in [0, 0.05) is 12.8 Å². The van der Waals surface area contributed by atoms with Gasteiger partial charge in [-0.15, -0.1) is 20.4 Å². The molecule has 1 aliphatic carbocycles. The average Bonchev–Trinajstić information content (AvgIpc) is 3.07. The Morgan fingerprint density at radius 2 is 1.96 bits per heavy atom. The molecule has 1 unspecified atom stereocenters. The molecular formula is C17H18N4O2S. The average molecular weight is 342 g/mol. The van der Waals surface area contributed by atoms with Crippen LogP contribution < -0.4 is 0 Å². The van der Waals surface area contributed by atoms with Crippen molar-refractivity contribution in [2.45, 2.75) is 38.5 Å². The number of allylic oxidation sites excluding steroid dienone is 2. The lowest BCUT2D eigenvalue weighted by Crippen LogP contribution is -2.17. The van der Waals surface area contributed by atoms with E-state index >= 15 is 0 Å². The van der Waals surface area contributed by atoms with Crippen LogP contribution in [0.2, 0.25) is 0 Å². The molecule has 0 amide bonds. The predicted octanol–water partition coefficient (Wildman–Crippen LogP) is 4.66. The third-order valence-corrected chi connectivity index (χ3v) is 4.64. The van der Waals surface area contributed by atoms with Gasteiger partial charge in [-0.05, 0) is 23.0 Å². The maximum atomic E-state index is 12.3. The molecule has 1 atom stereocenters. The smallest absolute Gasteiger partial charge is 0.251 e. The van der Waals surface area contributed by atoms with Crippen LogP contribution in [-0.2, 0) is 4.79 Å². The quantitative estimate of drug-likeness (QED) is 0.818. The van der Waals surface area contributed by atoms with Crippen LogP contribution in [0.4, 0.5) is 5.13 Å². The van der Waals surface area contributed by atoms with Gasteiger partial charge >= 0.3 is 0 Å². The molecule has 0 fully saturated rings. The van der Waals surface area contributed by atoms with E-state index in [1.54, 1.807) is 0 Å². The zero-order chi connectivity index (χ0) is 17.1. The van der Waals surface area contributed by atoms with E-state index in [0.717, 1.165) is 5.56 Å². The van der Waals surface area contributed by atoms with E-state index in [1.807, 2.05) is 12.1 Å². The van der Waals surface area contributed by atoms with Crippen LogP contribution in [-0.4, -0.2) is 21.1 Å². The minimum absolute atomic E-state index is 0.0162. The van der Waals surface area contributed by atoms with Crippen molar-refractivity contribution in [3.05, 3.63) is 52.4 Å². The highest BCUT2D eigenvalue weighted by Gasteiger charge is 2.29. The second-order valence-corrected chi connectivity index (χ2v) is 6.88. The first-order valence-electron chi connectivity index (χ1n) is 7.77. The Labute approximate surface area is 144 Å². The predicted molar refractivity (Wildman–Crippen MR) is 91.6 cm³/mol. The molecule has 124 valence electrons. The van der Waals surface area contributed by atoms with Crippen molar-refractivity contribution in [1.82, 2.24) is 10.2 Å². The summed E-state index contributed by atoms with van der Waals surface area (Å²) in [6.45, 7) is 4.28. The number of benzene rings is 1. The summed E-state index contributed by atoms with van der Waals surface area (Å²) in [7, 11) is 0. The molecule has 1 heterocycles. The van der Waals surface area contributed by atoms with E-state index in [4.69, 9.17) is 0 Å². The third kappa shape index (κ3) is 3.56. The number of rotatable bonds is 4. The van der Waals surface area contributed by atoms with Gasteiger partial charge in [0.2, 0.25) is 0 Å². The molecule has 6 nitrogen and oxygen atoms in total. The van der Waals surface area contributed by atoms with Crippen LogP contribution in [0.1, 0.15) is 49.7 Å². The molecule has 3 rings (SSSR count). The molecule has 2 aromatic rings. The lowest BCUT2D eigenvalue weighted by Gasteiger charge is -2.22. The molecule has 0 aliphatic heterocycles. The number of aliphatic hydroxyl groups is 1. The summed E-state index contributed by atoms with van der Waals surface area (Å²) in [4.78, 5) is 12.3. The van der Waals surface area contributed by atoms with E-state index < -0.39 is 0 Å². The highest BCUT2D eigenvalue weighted by Crippen LogP contribution is 2.35. The number of aromatic nitrogens is 2. The zero-order valence-electron chi connectivity index (χ0n) is 13.5. The molecule has 24 heavy (non-hydrogen) atoms. The molecule has 1 aromatic heterocycles. The first-order chi connectivity index (χ1) is 11.5. The zero-order valence-corrected chi connectivity index (χ0v) is 14.3. The minimum atomic E-state index is -0.204. The third-order valence-electron chi connectivity index (χ3n) is 4.07. The van der Waals surface area contributed by atoms with Gasteiger partial charge in [0.1, 0.15) is 11.3 Å². The Hall–Kier alpha value is -2.41. The van der Waals surface area contributed by atoms with Gasteiger partial charge < -0.3 is 5.11 Å². The number of hydrogen-bond acceptors (Lipinski definition) is 7. The summed E-state index contributed by atoms with van der Waals surface area (Å²) in [5.41, 5.74) is 3.87. The summed E-state index contributed by atoms with van der Waals surface area (Å²) in [5.74, 6) is 0.217. The summed E-state index contributed by atoms with van der Waals surface area (Å²) in [6, 6.07) is 8.23. The highest BCUT2D eigenvalue weighted by atomic mass is 32.1. The van der Waals surface area contributed by atoms with E-state index in [2.05, 4.69) is 46.4 Å². The van der Waals surface area contributed by atoms with Crippen molar-refractivity contribution >= 4 is 22.3 Å². The second kappa shape index (κ2) is 7.00. The van der Waals surface area contributed by atoms with E-state index in [9.17, 15) is 9.90 Å². The maximum Gasteiger partial charge on any atom is 0.251 e. The van der Waals surface area contributed by atoms with Crippen LogP contribution in [0.25, 0.3) is 0 Å². The fourth-order valence-electron chi connectivity index (χ4n) is 2.69. The molecular weight excluding hydrogens is 324 g/mol. The summed E-state index contributed by atoms with van der Waals surface area (Å²) in [6.07, 6.45) is 0.701. The Morgan fingerprint density at radius 1 is 1.21 bits per heavy atom. The van der Waals surface area contributed by atoms with Crippen molar-refractivity contribution < 1.29 is 9.90 Å². The monoisotopic (exact) mass is 342 g/mol. The summed E-state index contributed by atoms with van der Waals surface area (Å²) in [5, 5.41) is 25.7. The number of hydrogen-bond donors (Lipinski definition) is 1. The van der Waals surface area contributed by atoms with E-state index in [1.165, 1.54) is 22.4 Å². The fraction of sp³-hybridized carbons (Fsp3) is 0.353. The molecule has 0 radical (unpaired) electrons. The number of nitrogens with zero attached hydrogens (tertiary/aromatic N) is 4. The molecule has 7 heteroatoms. The lowest BCUT2D eigenvalue weighted by molar-refractivity contribution is -0.116. The number of carbonyl (C=O) groups is 1. The topological polar surface area (TPSA) is 87.8 Å². The maximum absolute atomic E-state index is 12.3. The van der Waals surface area contributed by atoms with Gasteiger partial charge in [-0.3, -0.25) is 4.79 Å². The lowest BCUT2D eigenvalue weighted by atomic mass is 9.84. The van der Waals surface area contributed by atoms with Gasteiger partial charge in [0.25, 0.3) is 5.13 Å². The molecule has 0 saturated heterocycles. The number of Topliss-reactive ketones (excluding diaryl/α,β-unsaturated/α-hetero) is 1. The van der Waals surface area contributed by atoms with Crippen LogP contribution in [0.15, 0.2) is 51.5 Å². The van der Waals surface area contributed by atoms with Crippen LogP contribution in [0.3, 0.4) is 0 Å². The molecule has 1 aliphatic rings. The molecule has 0 spiro atoms. The highest BCUT2D eigenvalue weighted by molar-refractivity contribution is 7.13. The Morgan fingerprint density at radius 3 is 2.54 bits per heavy atom. The number of aliphatic hydroxyl groups excluding tert-OH is 1. The number of carbonyl (C=O) groups excluding carboxylic acids is 1. The van der Waals surface area contributed by atoms with Crippen molar-refractivity contribution in [2.24, 2.45) is 10.2 Å². The Balaban J connectivity index is 1.78. The fourth-order valence-corrected chi connectivity index (χ4v) is 3.06. The van der Waals surface area contributed by atoms with Gasteiger partial charge in [-0.2, -0.15) is 0 Å². The van der Waals surface area contributed by atoms with Gasteiger partial charge in [0.05, 0.1) is 0 Å². The second-order valence-electron chi connectivity index (χ2n) is 6.07. The Bertz CT molecular complexity index is 779. The van der Waals surface area contributed by atoms with Crippen molar-refractivity contribution in [3.8, 4) is 0 Å². The minimum Gasteiger partial charge on any atom is -0.510 e. The van der Waals surface area contributed by atoms with Gasteiger partial charge in [-0.25, -0.2) is 0 Å². The van der Waals surface area contributed by atoms with E-state index in [0.29, 0.717) is 23.9 Å². The first-order valence-corrected chi connectivity index (χ1v) is 8.65. The number of ketones is 1. The van der Waals surface area contributed by atoms with Gasteiger partial charge in [0.15, 0.2) is 11.5 Å².